The van der Waals surface area contributed by atoms with Gasteiger partial charge in [-0.05, 0) is 31.1 Å². The Morgan fingerprint density at radius 3 is 2.54 bits per heavy atom. The van der Waals surface area contributed by atoms with Crippen LogP contribution in [0, 0.1) is 22.7 Å². The Hall–Kier alpha value is -0.490. The average Bonchev–Trinajstić information content (AvgIpc) is 3.16. The van der Waals surface area contributed by atoms with Crippen LogP contribution in [0.3, 0.4) is 0 Å². The molecule has 0 radical (unpaired) electrons. The molecule has 2 aliphatic carbocycles. The van der Waals surface area contributed by atoms with Gasteiger partial charge in [0.1, 0.15) is 6.10 Å². The summed E-state index contributed by atoms with van der Waals surface area (Å²) in [4.78, 5) is 13.2. The highest BCUT2D eigenvalue weighted by molar-refractivity contribution is 5.88. The van der Waals surface area contributed by atoms with E-state index in [4.69, 9.17) is 14.2 Å². The van der Waals surface area contributed by atoms with Crippen LogP contribution in [0.25, 0.3) is 0 Å². The predicted octanol–water partition coefficient (Wildman–Crippen LogP) is 3.08. The van der Waals surface area contributed by atoms with Crippen molar-refractivity contribution < 1.29 is 24.1 Å². The van der Waals surface area contributed by atoms with Gasteiger partial charge in [0, 0.05) is 30.8 Å². The van der Waals surface area contributed by atoms with Crippen LogP contribution in [0.15, 0.2) is 0 Å². The van der Waals surface area contributed by atoms with E-state index >= 15 is 0 Å². The fourth-order valence-electron chi connectivity index (χ4n) is 7.10. The smallest absolute Gasteiger partial charge is 0.165 e. The van der Waals surface area contributed by atoms with Gasteiger partial charge in [0.05, 0.1) is 17.8 Å². The SMILES string of the molecule is CO[C@H]1C[C@]2(CC[C@@]3(O2)[C@H](C)[C@@H](O)C(=O)[C@H]2C(C)(C)CCC[C@@]23C)CO1. The molecule has 2 aliphatic heterocycles. The number of Topliss-reactive ketones (excluding diaryl/α,β-unsaturated/α-hetero) is 1. The number of hydrogen-bond donors (Lipinski definition) is 1. The maximum atomic E-state index is 13.2. The minimum absolute atomic E-state index is 0.0253. The van der Waals surface area contributed by atoms with Gasteiger partial charge in [-0.25, -0.2) is 0 Å². The molecule has 0 aromatic rings. The molecule has 4 aliphatic rings. The normalized spacial score (nSPS) is 53.4. The zero-order valence-electron chi connectivity index (χ0n) is 16.8. The van der Waals surface area contributed by atoms with Crippen molar-refractivity contribution in [1.82, 2.24) is 0 Å². The summed E-state index contributed by atoms with van der Waals surface area (Å²) >= 11 is 0. The molecule has 2 spiro atoms. The molecule has 0 aromatic carbocycles. The van der Waals surface area contributed by atoms with Crippen LogP contribution in [-0.2, 0) is 19.0 Å². The van der Waals surface area contributed by atoms with Gasteiger partial charge in [0.15, 0.2) is 12.1 Å². The third kappa shape index (κ3) is 2.27. The number of aliphatic hydroxyl groups is 1. The molecule has 7 atom stereocenters. The van der Waals surface area contributed by atoms with Gasteiger partial charge >= 0.3 is 0 Å². The summed E-state index contributed by atoms with van der Waals surface area (Å²) in [5.41, 5.74) is -1.18. The third-order valence-corrected chi connectivity index (χ3v) is 8.37. The van der Waals surface area contributed by atoms with Crippen LogP contribution in [-0.4, -0.2) is 48.2 Å². The molecule has 2 saturated carbocycles. The van der Waals surface area contributed by atoms with Crippen molar-refractivity contribution in [2.75, 3.05) is 13.7 Å². The predicted molar refractivity (Wildman–Crippen MR) is 96.6 cm³/mol. The Bertz CT molecular complexity index is 603. The van der Waals surface area contributed by atoms with Gasteiger partial charge in [-0.1, -0.05) is 34.1 Å². The zero-order chi connectivity index (χ0) is 19.0. The van der Waals surface area contributed by atoms with Crippen molar-refractivity contribution >= 4 is 5.78 Å². The molecule has 5 heteroatoms. The lowest BCUT2D eigenvalue weighted by atomic mass is 9.43. The van der Waals surface area contributed by atoms with Crippen LogP contribution in [0.1, 0.15) is 66.2 Å². The molecule has 2 saturated heterocycles. The number of ether oxygens (including phenoxy) is 3. The molecular weight excluding hydrogens is 332 g/mol. The van der Waals surface area contributed by atoms with E-state index in [0.717, 1.165) is 38.5 Å². The fraction of sp³-hybridized carbons (Fsp3) is 0.952. The van der Waals surface area contributed by atoms with E-state index < -0.39 is 11.7 Å². The van der Waals surface area contributed by atoms with E-state index in [1.54, 1.807) is 7.11 Å². The van der Waals surface area contributed by atoms with Crippen molar-refractivity contribution in [3.05, 3.63) is 0 Å². The van der Waals surface area contributed by atoms with E-state index in [9.17, 15) is 9.90 Å². The lowest BCUT2D eigenvalue weighted by Crippen LogP contribution is -2.69. The Kier molecular flexibility index (Phi) is 4.17. The molecule has 0 amide bonds. The number of methoxy groups -OCH3 is 1. The van der Waals surface area contributed by atoms with Gasteiger partial charge < -0.3 is 19.3 Å². The number of ketones is 1. The second-order valence-electron chi connectivity index (χ2n) is 10.2. The first-order valence-electron chi connectivity index (χ1n) is 10.2. The van der Waals surface area contributed by atoms with Crippen LogP contribution in [0.5, 0.6) is 0 Å². The lowest BCUT2D eigenvalue weighted by molar-refractivity contribution is -0.255. The Morgan fingerprint density at radius 2 is 1.88 bits per heavy atom. The molecule has 2 heterocycles. The van der Waals surface area contributed by atoms with Crippen molar-refractivity contribution in [3.8, 4) is 0 Å². The molecule has 5 nitrogen and oxygen atoms in total. The molecule has 4 fully saturated rings. The average molecular weight is 366 g/mol. The maximum absolute atomic E-state index is 13.2. The first-order valence-corrected chi connectivity index (χ1v) is 10.2. The highest BCUT2D eigenvalue weighted by Gasteiger charge is 2.72. The van der Waals surface area contributed by atoms with E-state index in [2.05, 4.69) is 20.8 Å². The Morgan fingerprint density at radius 1 is 1.15 bits per heavy atom. The topological polar surface area (TPSA) is 65.0 Å². The summed E-state index contributed by atoms with van der Waals surface area (Å²) < 4.78 is 18.1. The standard InChI is InChI=1S/C21H34O5/c1-13-15(22)16(23)17-18(2,3)7-6-8-19(17,4)21(13)10-9-20(26-21)11-14(24-5)25-12-20/h13-15,17,22H,6-12H2,1-5H3/t13-,14-,15-,17+,19+,20-,21-/m1/s1. The molecule has 0 bridgehead atoms. The van der Waals surface area contributed by atoms with E-state index in [0.29, 0.717) is 6.61 Å². The molecule has 4 rings (SSSR count). The summed E-state index contributed by atoms with van der Waals surface area (Å²) in [5.74, 6) is -0.339. The van der Waals surface area contributed by atoms with Gasteiger partial charge in [-0.2, -0.15) is 0 Å². The third-order valence-electron chi connectivity index (χ3n) is 8.37. The van der Waals surface area contributed by atoms with Gasteiger partial charge in [0.2, 0.25) is 0 Å². The lowest BCUT2D eigenvalue weighted by Gasteiger charge is -2.63. The Balaban J connectivity index is 1.76. The summed E-state index contributed by atoms with van der Waals surface area (Å²) in [6.07, 6.45) is 4.45. The molecule has 0 aromatic heterocycles. The van der Waals surface area contributed by atoms with Crippen molar-refractivity contribution in [2.24, 2.45) is 22.7 Å². The number of rotatable bonds is 1. The number of carbonyl (C=O) groups excluding carboxylic acids is 1. The first-order chi connectivity index (χ1) is 12.1. The van der Waals surface area contributed by atoms with E-state index in [1.807, 2.05) is 6.92 Å². The van der Waals surface area contributed by atoms with E-state index in [1.165, 1.54) is 0 Å². The minimum Gasteiger partial charge on any atom is -0.385 e. The van der Waals surface area contributed by atoms with Gasteiger partial charge in [-0.15, -0.1) is 0 Å². The summed E-state index contributed by atoms with van der Waals surface area (Å²) in [6, 6.07) is 0. The molecule has 0 unspecified atom stereocenters. The minimum atomic E-state index is -0.943. The second-order valence-corrected chi connectivity index (χ2v) is 10.2. The molecule has 1 N–H and O–H groups in total. The van der Waals surface area contributed by atoms with Gasteiger partial charge in [-0.3, -0.25) is 4.79 Å². The quantitative estimate of drug-likeness (QED) is 0.773. The molecule has 26 heavy (non-hydrogen) atoms. The summed E-state index contributed by atoms with van der Waals surface area (Å²) in [7, 11) is 1.67. The van der Waals surface area contributed by atoms with Gasteiger partial charge in [0.25, 0.3) is 0 Å². The summed E-state index contributed by atoms with van der Waals surface area (Å²) in [5, 5.41) is 10.9. The Labute approximate surface area is 156 Å². The van der Waals surface area contributed by atoms with Crippen LogP contribution < -0.4 is 0 Å². The number of aliphatic hydroxyl groups excluding tert-OH is 1. The monoisotopic (exact) mass is 366 g/mol. The fourth-order valence-corrected chi connectivity index (χ4v) is 7.10. The first kappa shape index (κ1) is 18.9. The number of fused-ring (bicyclic) bond motifs is 2. The zero-order valence-corrected chi connectivity index (χ0v) is 16.8. The van der Waals surface area contributed by atoms with Crippen molar-refractivity contribution in [2.45, 2.75) is 89.8 Å². The van der Waals surface area contributed by atoms with Crippen molar-refractivity contribution in [1.29, 1.82) is 0 Å². The van der Waals surface area contributed by atoms with Crippen LogP contribution in [0.2, 0.25) is 0 Å². The molecule has 148 valence electrons. The molecular formula is C21H34O5. The highest BCUT2D eigenvalue weighted by Crippen LogP contribution is 2.67. The van der Waals surface area contributed by atoms with E-state index in [-0.39, 0.29) is 40.3 Å². The van der Waals surface area contributed by atoms with Crippen molar-refractivity contribution in [3.63, 3.8) is 0 Å². The number of hydrogen-bond acceptors (Lipinski definition) is 5. The maximum Gasteiger partial charge on any atom is 0.165 e. The number of carbonyl (C=O) groups is 1. The van der Waals surface area contributed by atoms with Crippen LogP contribution in [0.4, 0.5) is 0 Å². The largest absolute Gasteiger partial charge is 0.385 e. The summed E-state index contributed by atoms with van der Waals surface area (Å²) in [6.45, 7) is 9.17. The highest BCUT2D eigenvalue weighted by atomic mass is 16.7. The second kappa shape index (κ2) is 5.76. The van der Waals surface area contributed by atoms with Crippen LogP contribution >= 0.6 is 0 Å².